The fourth-order valence-corrected chi connectivity index (χ4v) is 1.91. The molecule has 4 heteroatoms. The van der Waals surface area contributed by atoms with E-state index in [0.717, 1.165) is 6.42 Å². The van der Waals surface area contributed by atoms with Gasteiger partial charge in [0.15, 0.2) is 0 Å². The van der Waals surface area contributed by atoms with E-state index in [0.29, 0.717) is 18.1 Å². The number of pyridine rings is 1. The van der Waals surface area contributed by atoms with Crippen molar-refractivity contribution in [1.29, 1.82) is 0 Å². The summed E-state index contributed by atoms with van der Waals surface area (Å²) in [6.45, 7) is 6.40. The van der Waals surface area contributed by atoms with Crippen LogP contribution < -0.4 is 4.74 Å². The Bertz CT molecular complexity index is 389. The fraction of sp³-hybridized carbons (Fsp3) is 0.625. The average Bonchev–Trinajstić information content (AvgIpc) is 2.45. The van der Waals surface area contributed by atoms with Crippen molar-refractivity contribution >= 4 is 5.97 Å². The van der Waals surface area contributed by atoms with Crippen molar-refractivity contribution in [2.45, 2.75) is 59.0 Å². The van der Waals surface area contributed by atoms with Crippen LogP contribution in [0.5, 0.6) is 5.88 Å². The minimum atomic E-state index is -0.348. The van der Waals surface area contributed by atoms with Gasteiger partial charge in [0.05, 0.1) is 18.3 Å². The molecule has 0 bridgehead atoms. The van der Waals surface area contributed by atoms with Crippen molar-refractivity contribution < 1.29 is 14.3 Å². The first-order chi connectivity index (χ1) is 9.67. The van der Waals surface area contributed by atoms with E-state index < -0.39 is 0 Å². The summed E-state index contributed by atoms with van der Waals surface area (Å²) >= 11 is 0. The first-order valence-electron chi connectivity index (χ1n) is 7.47. The van der Waals surface area contributed by atoms with Crippen LogP contribution in [-0.2, 0) is 4.74 Å². The predicted molar refractivity (Wildman–Crippen MR) is 79.0 cm³/mol. The van der Waals surface area contributed by atoms with Crippen molar-refractivity contribution in [2.24, 2.45) is 0 Å². The average molecular weight is 279 g/mol. The molecule has 112 valence electrons. The standard InChI is InChI=1S/C16H25NO3/c1-4-6-7-8-9-13(3)20-15-11-10-14(12-17-15)16(18)19-5-2/h10-13H,4-9H2,1-3H3. The van der Waals surface area contributed by atoms with Gasteiger partial charge < -0.3 is 9.47 Å². The van der Waals surface area contributed by atoms with Crippen LogP contribution in [-0.4, -0.2) is 23.7 Å². The Morgan fingerprint density at radius 3 is 2.65 bits per heavy atom. The molecule has 0 aliphatic heterocycles. The molecule has 1 rings (SSSR count). The first-order valence-corrected chi connectivity index (χ1v) is 7.47. The third-order valence-corrected chi connectivity index (χ3v) is 3.03. The minimum absolute atomic E-state index is 0.146. The summed E-state index contributed by atoms with van der Waals surface area (Å²) in [6.07, 6.45) is 7.62. The molecule has 1 atom stereocenters. The van der Waals surface area contributed by atoms with E-state index in [1.807, 2.05) is 6.92 Å². The van der Waals surface area contributed by atoms with Crippen LogP contribution in [0.3, 0.4) is 0 Å². The SMILES string of the molecule is CCCCCCC(C)Oc1ccc(C(=O)OCC)cn1. The van der Waals surface area contributed by atoms with Gasteiger partial charge in [0.1, 0.15) is 0 Å². The number of hydrogen-bond donors (Lipinski definition) is 0. The highest BCUT2D eigenvalue weighted by Crippen LogP contribution is 2.14. The van der Waals surface area contributed by atoms with Crippen molar-refractivity contribution in [2.75, 3.05) is 6.61 Å². The van der Waals surface area contributed by atoms with E-state index in [1.165, 1.54) is 31.9 Å². The molecule has 4 nitrogen and oxygen atoms in total. The molecule has 0 saturated heterocycles. The van der Waals surface area contributed by atoms with E-state index in [2.05, 4.69) is 11.9 Å². The topological polar surface area (TPSA) is 48.4 Å². The zero-order valence-corrected chi connectivity index (χ0v) is 12.7. The zero-order chi connectivity index (χ0) is 14.8. The molecule has 0 N–H and O–H groups in total. The highest BCUT2D eigenvalue weighted by Gasteiger charge is 2.09. The van der Waals surface area contributed by atoms with Crippen LogP contribution in [0.25, 0.3) is 0 Å². The van der Waals surface area contributed by atoms with Gasteiger partial charge in [-0.1, -0.05) is 26.2 Å². The first kappa shape index (κ1) is 16.5. The lowest BCUT2D eigenvalue weighted by Gasteiger charge is -2.13. The van der Waals surface area contributed by atoms with Crippen molar-refractivity contribution in [3.63, 3.8) is 0 Å². The van der Waals surface area contributed by atoms with Crippen molar-refractivity contribution in [3.8, 4) is 5.88 Å². The number of rotatable bonds is 9. The smallest absolute Gasteiger partial charge is 0.339 e. The number of unbranched alkanes of at least 4 members (excludes halogenated alkanes) is 3. The Morgan fingerprint density at radius 2 is 2.05 bits per heavy atom. The summed E-state index contributed by atoms with van der Waals surface area (Å²) < 4.78 is 10.6. The third-order valence-electron chi connectivity index (χ3n) is 3.03. The van der Waals surface area contributed by atoms with Gasteiger partial charge in [-0.15, -0.1) is 0 Å². The van der Waals surface area contributed by atoms with Crippen molar-refractivity contribution in [3.05, 3.63) is 23.9 Å². The van der Waals surface area contributed by atoms with Gasteiger partial charge in [-0.25, -0.2) is 9.78 Å². The van der Waals surface area contributed by atoms with E-state index >= 15 is 0 Å². The van der Waals surface area contributed by atoms with Gasteiger partial charge >= 0.3 is 5.97 Å². The van der Waals surface area contributed by atoms with Gasteiger partial charge in [-0.2, -0.15) is 0 Å². The van der Waals surface area contributed by atoms with Crippen LogP contribution >= 0.6 is 0 Å². The molecule has 0 aliphatic rings. The predicted octanol–water partition coefficient (Wildman–Crippen LogP) is 4.00. The lowest BCUT2D eigenvalue weighted by molar-refractivity contribution is 0.0525. The Balaban J connectivity index is 2.38. The quantitative estimate of drug-likeness (QED) is 0.506. The van der Waals surface area contributed by atoms with Crippen LogP contribution in [0, 0.1) is 0 Å². The van der Waals surface area contributed by atoms with E-state index in [4.69, 9.17) is 9.47 Å². The maximum absolute atomic E-state index is 11.5. The second-order valence-electron chi connectivity index (χ2n) is 4.88. The summed E-state index contributed by atoms with van der Waals surface area (Å²) in [5.74, 6) is 0.209. The number of aromatic nitrogens is 1. The highest BCUT2D eigenvalue weighted by atomic mass is 16.5. The number of carbonyl (C=O) groups is 1. The van der Waals surface area contributed by atoms with Crippen molar-refractivity contribution in [1.82, 2.24) is 4.98 Å². The summed E-state index contributed by atoms with van der Waals surface area (Å²) in [7, 11) is 0. The molecule has 0 spiro atoms. The molecule has 0 saturated carbocycles. The molecule has 0 radical (unpaired) electrons. The Hall–Kier alpha value is -1.58. The summed E-state index contributed by atoms with van der Waals surface area (Å²) in [5, 5.41) is 0. The molecular weight excluding hydrogens is 254 g/mol. The van der Waals surface area contributed by atoms with E-state index in [1.54, 1.807) is 19.1 Å². The molecule has 0 amide bonds. The Morgan fingerprint density at radius 1 is 1.25 bits per heavy atom. The van der Waals surface area contributed by atoms with Gasteiger partial charge in [0.2, 0.25) is 5.88 Å². The number of nitrogens with zero attached hydrogens (tertiary/aromatic N) is 1. The molecule has 20 heavy (non-hydrogen) atoms. The molecule has 1 heterocycles. The Kier molecular flexibility index (Phi) is 7.70. The van der Waals surface area contributed by atoms with Crippen LogP contribution in [0.15, 0.2) is 18.3 Å². The maximum atomic E-state index is 11.5. The number of esters is 1. The zero-order valence-electron chi connectivity index (χ0n) is 12.7. The monoisotopic (exact) mass is 279 g/mol. The number of ether oxygens (including phenoxy) is 2. The summed E-state index contributed by atoms with van der Waals surface area (Å²) in [4.78, 5) is 15.6. The summed E-state index contributed by atoms with van der Waals surface area (Å²) in [5.41, 5.74) is 0.454. The lowest BCUT2D eigenvalue weighted by atomic mass is 10.1. The molecule has 1 unspecified atom stereocenters. The maximum Gasteiger partial charge on any atom is 0.339 e. The van der Waals surface area contributed by atoms with E-state index in [-0.39, 0.29) is 12.1 Å². The second-order valence-corrected chi connectivity index (χ2v) is 4.88. The molecule has 1 aromatic rings. The van der Waals surface area contributed by atoms with Crippen LogP contribution in [0.1, 0.15) is 63.2 Å². The molecule has 0 aliphatic carbocycles. The second kappa shape index (κ2) is 9.34. The molecular formula is C16H25NO3. The van der Waals surface area contributed by atoms with Crippen LogP contribution in [0.4, 0.5) is 0 Å². The van der Waals surface area contributed by atoms with Gasteiger partial charge in [-0.3, -0.25) is 0 Å². The third kappa shape index (κ3) is 6.04. The minimum Gasteiger partial charge on any atom is -0.475 e. The molecule has 0 aromatic carbocycles. The van der Waals surface area contributed by atoms with E-state index in [9.17, 15) is 4.79 Å². The highest BCUT2D eigenvalue weighted by molar-refractivity contribution is 5.89. The number of hydrogen-bond acceptors (Lipinski definition) is 4. The lowest BCUT2D eigenvalue weighted by Crippen LogP contribution is -2.13. The fourth-order valence-electron chi connectivity index (χ4n) is 1.91. The largest absolute Gasteiger partial charge is 0.475 e. The normalized spacial score (nSPS) is 11.9. The van der Waals surface area contributed by atoms with Crippen LogP contribution in [0.2, 0.25) is 0 Å². The number of carbonyl (C=O) groups excluding carboxylic acids is 1. The van der Waals surface area contributed by atoms with Gasteiger partial charge in [0, 0.05) is 12.3 Å². The molecule has 0 fully saturated rings. The van der Waals surface area contributed by atoms with Gasteiger partial charge in [0.25, 0.3) is 0 Å². The Labute approximate surface area is 121 Å². The summed E-state index contributed by atoms with van der Waals surface area (Å²) in [6, 6.07) is 3.40. The van der Waals surface area contributed by atoms with Gasteiger partial charge in [-0.05, 0) is 32.8 Å². The molecule has 1 aromatic heterocycles.